The predicted molar refractivity (Wildman–Crippen MR) is 70.1 cm³/mol. The summed E-state index contributed by atoms with van der Waals surface area (Å²) in [7, 11) is -3.76. The summed E-state index contributed by atoms with van der Waals surface area (Å²) >= 11 is 0. The average Bonchev–Trinajstić information content (AvgIpc) is 2.35. The molecule has 0 atom stereocenters. The standard InChI is InChI=1S/C13H12FNO3S/c1-9-8-12(6-7-13(9)14)19(17,18)15-10-2-4-11(16)5-3-10/h2-8,15-16H,1H3. The van der Waals surface area contributed by atoms with E-state index in [0.29, 0.717) is 5.69 Å². The Hall–Kier alpha value is -2.08. The van der Waals surface area contributed by atoms with Crippen molar-refractivity contribution in [2.24, 2.45) is 0 Å². The van der Waals surface area contributed by atoms with Crippen molar-refractivity contribution >= 4 is 15.7 Å². The number of aryl methyl sites for hydroxylation is 1. The van der Waals surface area contributed by atoms with Crippen molar-refractivity contribution in [2.75, 3.05) is 4.72 Å². The van der Waals surface area contributed by atoms with E-state index in [2.05, 4.69) is 4.72 Å². The van der Waals surface area contributed by atoms with Gasteiger partial charge in [0.05, 0.1) is 4.90 Å². The number of hydrogen-bond acceptors (Lipinski definition) is 3. The van der Waals surface area contributed by atoms with E-state index in [1.54, 1.807) is 0 Å². The molecule has 0 heterocycles. The molecule has 19 heavy (non-hydrogen) atoms. The molecule has 2 rings (SSSR count). The van der Waals surface area contributed by atoms with Crippen LogP contribution in [0.15, 0.2) is 47.4 Å². The van der Waals surface area contributed by atoms with Gasteiger partial charge in [-0.05, 0) is 55.0 Å². The maximum atomic E-state index is 13.1. The molecule has 6 heteroatoms. The number of sulfonamides is 1. The van der Waals surface area contributed by atoms with E-state index in [4.69, 9.17) is 5.11 Å². The molecule has 0 bridgehead atoms. The zero-order chi connectivity index (χ0) is 14.0. The van der Waals surface area contributed by atoms with Crippen LogP contribution in [0.5, 0.6) is 5.75 Å². The minimum absolute atomic E-state index is 0.0144. The molecule has 0 aliphatic carbocycles. The van der Waals surface area contributed by atoms with E-state index in [-0.39, 0.29) is 16.2 Å². The first kappa shape index (κ1) is 13.4. The Morgan fingerprint density at radius 1 is 1.11 bits per heavy atom. The molecule has 2 aromatic carbocycles. The highest BCUT2D eigenvalue weighted by Gasteiger charge is 2.15. The molecule has 0 aromatic heterocycles. The molecule has 2 aromatic rings. The highest BCUT2D eigenvalue weighted by Crippen LogP contribution is 2.20. The van der Waals surface area contributed by atoms with E-state index < -0.39 is 15.8 Å². The highest BCUT2D eigenvalue weighted by atomic mass is 32.2. The third kappa shape index (κ3) is 3.03. The van der Waals surface area contributed by atoms with Gasteiger partial charge >= 0.3 is 0 Å². The number of aromatic hydroxyl groups is 1. The molecule has 0 amide bonds. The number of anilines is 1. The van der Waals surface area contributed by atoms with Gasteiger partial charge in [-0.15, -0.1) is 0 Å². The van der Waals surface area contributed by atoms with E-state index in [1.807, 2.05) is 0 Å². The van der Waals surface area contributed by atoms with Gasteiger partial charge in [0.15, 0.2) is 0 Å². The van der Waals surface area contributed by atoms with Crippen LogP contribution in [0.25, 0.3) is 0 Å². The Kier molecular flexibility index (Phi) is 3.44. The molecular formula is C13H12FNO3S. The number of halogens is 1. The molecule has 4 nitrogen and oxygen atoms in total. The number of phenolic OH excluding ortho intramolecular Hbond substituents is 1. The summed E-state index contributed by atoms with van der Waals surface area (Å²) in [6, 6.07) is 9.18. The fourth-order valence-electron chi connectivity index (χ4n) is 1.53. The summed E-state index contributed by atoms with van der Waals surface area (Å²) in [5.41, 5.74) is 0.577. The van der Waals surface area contributed by atoms with Crippen LogP contribution in [-0.4, -0.2) is 13.5 Å². The molecule has 0 aliphatic heterocycles. The van der Waals surface area contributed by atoms with E-state index in [9.17, 15) is 12.8 Å². The molecule has 0 unspecified atom stereocenters. The topological polar surface area (TPSA) is 66.4 Å². The maximum Gasteiger partial charge on any atom is 0.261 e. The number of benzene rings is 2. The number of rotatable bonds is 3. The Morgan fingerprint density at radius 3 is 2.32 bits per heavy atom. The van der Waals surface area contributed by atoms with Crippen LogP contribution < -0.4 is 4.72 Å². The Bertz CT molecular complexity index is 696. The van der Waals surface area contributed by atoms with Gasteiger partial charge in [0.25, 0.3) is 10.0 Å². The molecule has 0 aliphatic rings. The lowest BCUT2D eigenvalue weighted by Crippen LogP contribution is -2.13. The van der Waals surface area contributed by atoms with Crippen LogP contribution in [0.1, 0.15) is 5.56 Å². The van der Waals surface area contributed by atoms with Crippen LogP contribution >= 0.6 is 0 Å². The third-order valence-corrected chi connectivity index (χ3v) is 3.94. The molecular weight excluding hydrogens is 269 g/mol. The van der Waals surface area contributed by atoms with Crippen molar-refractivity contribution in [2.45, 2.75) is 11.8 Å². The fraction of sp³-hybridized carbons (Fsp3) is 0.0769. The normalized spacial score (nSPS) is 11.3. The van der Waals surface area contributed by atoms with Gasteiger partial charge in [-0.1, -0.05) is 0 Å². The SMILES string of the molecule is Cc1cc(S(=O)(=O)Nc2ccc(O)cc2)ccc1F. The summed E-state index contributed by atoms with van der Waals surface area (Å²) in [4.78, 5) is -0.0144. The van der Waals surface area contributed by atoms with Crippen molar-refractivity contribution in [3.63, 3.8) is 0 Å². The van der Waals surface area contributed by atoms with Gasteiger partial charge in [0, 0.05) is 5.69 Å². The van der Waals surface area contributed by atoms with Crippen molar-refractivity contribution in [3.05, 3.63) is 53.8 Å². The predicted octanol–water partition coefficient (Wildman–Crippen LogP) is 2.64. The summed E-state index contributed by atoms with van der Waals surface area (Å²) in [6.45, 7) is 1.49. The van der Waals surface area contributed by atoms with Gasteiger partial charge in [-0.2, -0.15) is 0 Å². The molecule has 0 fully saturated rings. The van der Waals surface area contributed by atoms with Gasteiger partial charge < -0.3 is 5.11 Å². The van der Waals surface area contributed by atoms with Gasteiger partial charge in [-0.25, -0.2) is 12.8 Å². The van der Waals surface area contributed by atoms with Crippen molar-refractivity contribution in [1.29, 1.82) is 0 Å². The lowest BCUT2D eigenvalue weighted by atomic mass is 10.2. The fourth-order valence-corrected chi connectivity index (χ4v) is 2.67. The largest absolute Gasteiger partial charge is 0.508 e. The third-order valence-electron chi connectivity index (χ3n) is 2.56. The van der Waals surface area contributed by atoms with E-state index >= 15 is 0 Å². The Morgan fingerprint density at radius 2 is 1.74 bits per heavy atom. The Labute approximate surface area is 110 Å². The van der Waals surface area contributed by atoms with Crippen molar-refractivity contribution in [1.82, 2.24) is 0 Å². The number of phenols is 1. The first-order chi connectivity index (χ1) is 8.88. The quantitative estimate of drug-likeness (QED) is 0.850. The molecule has 0 radical (unpaired) electrons. The average molecular weight is 281 g/mol. The van der Waals surface area contributed by atoms with Crippen LogP contribution in [-0.2, 0) is 10.0 Å². The van der Waals surface area contributed by atoms with E-state index in [0.717, 1.165) is 6.07 Å². The monoisotopic (exact) mass is 281 g/mol. The van der Waals surface area contributed by atoms with Crippen molar-refractivity contribution in [3.8, 4) is 5.75 Å². The minimum atomic E-state index is -3.76. The summed E-state index contributed by atoms with van der Waals surface area (Å²) in [5, 5.41) is 9.12. The summed E-state index contributed by atoms with van der Waals surface area (Å²) in [5.74, 6) is -0.413. The van der Waals surface area contributed by atoms with Gasteiger partial charge in [-0.3, -0.25) is 4.72 Å². The smallest absolute Gasteiger partial charge is 0.261 e. The molecule has 2 N–H and O–H groups in total. The first-order valence-corrected chi connectivity index (χ1v) is 6.95. The minimum Gasteiger partial charge on any atom is -0.508 e. The number of hydrogen-bond donors (Lipinski definition) is 2. The zero-order valence-electron chi connectivity index (χ0n) is 10.1. The molecule has 100 valence electrons. The molecule has 0 saturated carbocycles. The van der Waals surface area contributed by atoms with Gasteiger partial charge in [0.2, 0.25) is 0 Å². The van der Waals surface area contributed by atoms with Crippen molar-refractivity contribution < 1.29 is 17.9 Å². The maximum absolute atomic E-state index is 13.1. The van der Waals surface area contributed by atoms with Crippen LogP contribution in [0.4, 0.5) is 10.1 Å². The van der Waals surface area contributed by atoms with Gasteiger partial charge in [0.1, 0.15) is 11.6 Å². The van der Waals surface area contributed by atoms with Crippen LogP contribution in [0, 0.1) is 12.7 Å². The second-order valence-corrected chi connectivity index (χ2v) is 5.75. The molecule has 0 saturated heterocycles. The summed E-state index contributed by atoms with van der Waals surface area (Å²) in [6.07, 6.45) is 0. The summed E-state index contributed by atoms with van der Waals surface area (Å²) < 4.78 is 39.6. The highest BCUT2D eigenvalue weighted by molar-refractivity contribution is 7.92. The second-order valence-electron chi connectivity index (χ2n) is 4.06. The Balaban J connectivity index is 2.32. The zero-order valence-corrected chi connectivity index (χ0v) is 10.9. The lowest BCUT2D eigenvalue weighted by molar-refractivity contribution is 0.475. The molecule has 0 spiro atoms. The first-order valence-electron chi connectivity index (χ1n) is 5.46. The number of nitrogens with one attached hydrogen (secondary N) is 1. The van der Waals surface area contributed by atoms with Crippen LogP contribution in [0.2, 0.25) is 0 Å². The van der Waals surface area contributed by atoms with Crippen LogP contribution in [0.3, 0.4) is 0 Å². The van der Waals surface area contributed by atoms with E-state index in [1.165, 1.54) is 43.3 Å². The second kappa shape index (κ2) is 4.89. The lowest BCUT2D eigenvalue weighted by Gasteiger charge is -2.09.